The lowest BCUT2D eigenvalue weighted by Crippen LogP contribution is -2.40. The third-order valence-corrected chi connectivity index (χ3v) is 4.68. The number of hydrogen-bond acceptors (Lipinski definition) is 3. The molecule has 0 spiro atoms. The summed E-state index contributed by atoms with van der Waals surface area (Å²) in [4.78, 5) is 24.9. The molecule has 1 aliphatic heterocycles. The Bertz CT molecular complexity index is 573. The molecule has 1 aromatic rings. The number of nitrogens with zero attached hydrogens (tertiary/aromatic N) is 1. The molecule has 1 aromatic carbocycles. The molecule has 1 fully saturated rings. The molecule has 5 nitrogen and oxygen atoms in total. The molecule has 0 aromatic heterocycles. The number of piperidine rings is 1. The SMILES string of the molecule is Cc1cccc(OCCCCC(=O)N2CCCC(CCC(=O)O)C2)c1. The highest BCUT2D eigenvalue weighted by molar-refractivity contribution is 5.76. The molecule has 138 valence electrons. The Hall–Kier alpha value is -2.04. The maximum absolute atomic E-state index is 12.3. The minimum Gasteiger partial charge on any atom is -0.494 e. The van der Waals surface area contributed by atoms with Crippen LogP contribution < -0.4 is 4.74 Å². The second-order valence-electron chi connectivity index (χ2n) is 6.90. The van der Waals surface area contributed by atoms with Gasteiger partial charge in [0.25, 0.3) is 0 Å². The van der Waals surface area contributed by atoms with E-state index in [4.69, 9.17) is 9.84 Å². The number of aliphatic carboxylic acids is 1. The first-order valence-electron chi connectivity index (χ1n) is 9.23. The van der Waals surface area contributed by atoms with E-state index >= 15 is 0 Å². The van der Waals surface area contributed by atoms with Crippen LogP contribution in [0.4, 0.5) is 0 Å². The summed E-state index contributed by atoms with van der Waals surface area (Å²) in [6.45, 7) is 4.18. The largest absolute Gasteiger partial charge is 0.494 e. The number of amides is 1. The highest BCUT2D eigenvalue weighted by Crippen LogP contribution is 2.22. The first-order chi connectivity index (χ1) is 12.0. The Morgan fingerprint density at radius 2 is 2.12 bits per heavy atom. The number of hydrogen-bond donors (Lipinski definition) is 1. The topological polar surface area (TPSA) is 66.8 Å². The predicted octanol–water partition coefficient (Wildman–Crippen LogP) is 3.65. The maximum Gasteiger partial charge on any atom is 0.303 e. The molecule has 5 heteroatoms. The normalized spacial score (nSPS) is 17.3. The molecule has 25 heavy (non-hydrogen) atoms. The second kappa shape index (κ2) is 10.1. The van der Waals surface area contributed by atoms with Crippen LogP contribution in [-0.4, -0.2) is 41.6 Å². The molecule has 1 amide bonds. The number of ether oxygens (including phenoxy) is 1. The molecule has 0 aliphatic carbocycles. The number of benzene rings is 1. The monoisotopic (exact) mass is 347 g/mol. The van der Waals surface area contributed by atoms with Gasteiger partial charge in [-0.25, -0.2) is 0 Å². The molecule has 1 heterocycles. The lowest BCUT2D eigenvalue weighted by atomic mass is 9.93. The fraction of sp³-hybridized carbons (Fsp3) is 0.600. The second-order valence-corrected chi connectivity index (χ2v) is 6.90. The number of carboxylic acid groups (broad SMARTS) is 1. The van der Waals surface area contributed by atoms with Gasteiger partial charge in [-0.2, -0.15) is 0 Å². The summed E-state index contributed by atoms with van der Waals surface area (Å²) in [6, 6.07) is 7.97. The Morgan fingerprint density at radius 3 is 2.88 bits per heavy atom. The molecule has 0 bridgehead atoms. The van der Waals surface area contributed by atoms with Crippen LogP contribution in [0.1, 0.15) is 50.5 Å². The maximum atomic E-state index is 12.3. The third-order valence-electron chi connectivity index (χ3n) is 4.68. The molecule has 1 unspecified atom stereocenters. The van der Waals surface area contributed by atoms with Gasteiger partial charge in [0, 0.05) is 25.9 Å². The fourth-order valence-corrected chi connectivity index (χ4v) is 3.29. The Labute approximate surface area is 150 Å². The summed E-state index contributed by atoms with van der Waals surface area (Å²) in [5, 5.41) is 8.79. The van der Waals surface area contributed by atoms with Crippen LogP contribution in [0.15, 0.2) is 24.3 Å². The summed E-state index contributed by atoms with van der Waals surface area (Å²) < 4.78 is 5.71. The first kappa shape index (κ1) is 19.3. The molecule has 0 saturated carbocycles. The van der Waals surface area contributed by atoms with Crippen LogP contribution >= 0.6 is 0 Å². The summed E-state index contributed by atoms with van der Waals surface area (Å²) in [5.74, 6) is 0.648. The van der Waals surface area contributed by atoms with E-state index in [0.717, 1.165) is 38.0 Å². The van der Waals surface area contributed by atoms with Gasteiger partial charge in [-0.3, -0.25) is 9.59 Å². The molecule has 1 atom stereocenters. The number of unbranched alkanes of at least 4 members (excludes halogenated alkanes) is 1. The van der Waals surface area contributed by atoms with Gasteiger partial charge in [0.15, 0.2) is 0 Å². The van der Waals surface area contributed by atoms with Crippen molar-refractivity contribution in [1.29, 1.82) is 0 Å². The summed E-state index contributed by atoms with van der Waals surface area (Å²) in [5.41, 5.74) is 1.18. The van der Waals surface area contributed by atoms with Crippen LogP contribution in [-0.2, 0) is 9.59 Å². The van der Waals surface area contributed by atoms with E-state index in [1.165, 1.54) is 5.56 Å². The smallest absolute Gasteiger partial charge is 0.303 e. The summed E-state index contributed by atoms with van der Waals surface area (Å²) >= 11 is 0. The highest BCUT2D eigenvalue weighted by atomic mass is 16.5. The van der Waals surface area contributed by atoms with E-state index in [9.17, 15) is 9.59 Å². The van der Waals surface area contributed by atoms with Gasteiger partial charge < -0.3 is 14.7 Å². The van der Waals surface area contributed by atoms with Crippen molar-refractivity contribution in [2.75, 3.05) is 19.7 Å². The summed E-state index contributed by atoms with van der Waals surface area (Å²) in [7, 11) is 0. The molecule has 1 aliphatic rings. The van der Waals surface area contributed by atoms with Crippen molar-refractivity contribution in [3.8, 4) is 5.75 Å². The van der Waals surface area contributed by atoms with Crippen LogP contribution in [0.2, 0.25) is 0 Å². The molecule has 0 radical (unpaired) electrons. The van der Waals surface area contributed by atoms with Crippen molar-refractivity contribution in [2.24, 2.45) is 5.92 Å². The number of carboxylic acids is 1. The lowest BCUT2D eigenvalue weighted by Gasteiger charge is -2.32. The number of rotatable bonds is 9. The zero-order valence-electron chi connectivity index (χ0n) is 15.1. The predicted molar refractivity (Wildman–Crippen MR) is 96.7 cm³/mol. The number of likely N-dealkylation sites (tertiary alicyclic amines) is 1. The van der Waals surface area contributed by atoms with Crippen molar-refractivity contribution >= 4 is 11.9 Å². The van der Waals surface area contributed by atoms with Crippen LogP contribution in [0, 0.1) is 12.8 Å². The lowest BCUT2D eigenvalue weighted by molar-refractivity contribution is -0.137. The molecular formula is C20H29NO4. The minimum atomic E-state index is -0.753. The van der Waals surface area contributed by atoms with Crippen LogP contribution in [0.25, 0.3) is 0 Å². The van der Waals surface area contributed by atoms with Crippen molar-refractivity contribution in [2.45, 2.75) is 51.9 Å². The molecular weight excluding hydrogens is 318 g/mol. The van der Waals surface area contributed by atoms with E-state index in [1.807, 2.05) is 36.1 Å². The van der Waals surface area contributed by atoms with Crippen LogP contribution in [0.3, 0.4) is 0 Å². The Morgan fingerprint density at radius 1 is 1.28 bits per heavy atom. The Kier molecular flexibility index (Phi) is 7.76. The summed E-state index contributed by atoms with van der Waals surface area (Å²) in [6.07, 6.45) is 5.10. The average Bonchev–Trinajstić information content (AvgIpc) is 2.60. The molecule has 2 rings (SSSR count). The van der Waals surface area contributed by atoms with Crippen LogP contribution in [0.5, 0.6) is 5.75 Å². The van der Waals surface area contributed by atoms with E-state index in [-0.39, 0.29) is 12.3 Å². The molecule has 1 saturated heterocycles. The van der Waals surface area contributed by atoms with Gasteiger partial charge in [0.2, 0.25) is 5.91 Å². The third kappa shape index (κ3) is 7.16. The van der Waals surface area contributed by atoms with E-state index in [2.05, 4.69) is 0 Å². The van der Waals surface area contributed by atoms with Gasteiger partial charge in [0.1, 0.15) is 5.75 Å². The minimum absolute atomic E-state index is 0.190. The highest BCUT2D eigenvalue weighted by Gasteiger charge is 2.23. The van der Waals surface area contributed by atoms with Crippen molar-refractivity contribution in [3.05, 3.63) is 29.8 Å². The van der Waals surface area contributed by atoms with E-state index < -0.39 is 5.97 Å². The van der Waals surface area contributed by atoms with Gasteiger partial charge in [-0.15, -0.1) is 0 Å². The Balaban J connectivity index is 1.62. The van der Waals surface area contributed by atoms with Crippen molar-refractivity contribution < 1.29 is 19.4 Å². The number of carbonyl (C=O) groups excluding carboxylic acids is 1. The zero-order valence-corrected chi connectivity index (χ0v) is 15.1. The van der Waals surface area contributed by atoms with Gasteiger partial charge in [0.05, 0.1) is 6.61 Å². The average molecular weight is 347 g/mol. The van der Waals surface area contributed by atoms with Crippen molar-refractivity contribution in [3.63, 3.8) is 0 Å². The quantitative estimate of drug-likeness (QED) is 0.693. The van der Waals surface area contributed by atoms with Gasteiger partial charge in [-0.05, 0) is 62.6 Å². The fourth-order valence-electron chi connectivity index (χ4n) is 3.29. The van der Waals surface area contributed by atoms with Gasteiger partial charge >= 0.3 is 5.97 Å². The molecule has 1 N–H and O–H groups in total. The first-order valence-corrected chi connectivity index (χ1v) is 9.23. The van der Waals surface area contributed by atoms with Crippen molar-refractivity contribution in [1.82, 2.24) is 4.90 Å². The number of carbonyl (C=O) groups is 2. The van der Waals surface area contributed by atoms with E-state index in [0.29, 0.717) is 31.9 Å². The van der Waals surface area contributed by atoms with E-state index in [1.54, 1.807) is 0 Å². The standard InChI is InChI=1S/C20H29NO4/c1-16-6-4-8-18(14-16)25-13-3-2-9-19(22)21-12-5-7-17(15-21)10-11-20(23)24/h4,6,8,14,17H,2-3,5,7,9-13,15H2,1H3,(H,23,24). The zero-order chi connectivity index (χ0) is 18.1. The number of aryl methyl sites for hydroxylation is 1. The van der Waals surface area contributed by atoms with Gasteiger partial charge in [-0.1, -0.05) is 12.1 Å².